The second kappa shape index (κ2) is 5.54. The summed E-state index contributed by atoms with van der Waals surface area (Å²) in [6, 6.07) is 7.17. The molecule has 1 saturated heterocycles. The first-order valence-corrected chi connectivity index (χ1v) is 6.68. The van der Waals surface area contributed by atoms with Crippen molar-refractivity contribution in [1.82, 2.24) is 4.90 Å². The van der Waals surface area contributed by atoms with E-state index in [1.54, 1.807) is 0 Å². The Labute approximate surface area is 105 Å². The highest BCUT2D eigenvalue weighted by atomic mass is 15.1. The molecule has 0 aliphatic carbocycles. The zero-order valence-corrected chi connectivity index (χ0v) is 11.3. The van der Waals surface area contributed by atoms with Crippen molar-refractivity contribution in [2.45, 2.75) is 39.2 Å². The fourth-order valence-electron chi connectivity index (χ4n) is 2.51. The van der Waals surface area contributed by atoms with E-state index in [0.717, 1.165) is 0 Å². The van der Waals surface area contributed by atoms with Crippen LogP contribution in [-0.2, 0) is 0 Å². The van der Waals surface area contributed by atoms with Gasteiger partial charge in [0.2, 0.25) is 0 Å². The Kier molecular flexibility index (Phi) is 4.06. The quantitative estimate of drug-likeness (QED) is 0.842. The standard InChI is InChI=1S/C15H24N2/c1-12-6-4-8-15(13(12)2)16-14-7-5-10-17(3)11-9-14/h4,6,8,14,16H,5,7,9-11H2,1-3H3. The molecule has 0 amide bonds. The van der Waals surface area contributed by atoms with E-state index >= 15 is 0 Å². The maximum Gasteiger partial charge on any atom is 0.0374 e. The van der Waals surface area contributed by atoms with Crippen LogP contribution in [0.1, 0.15) is 30.4 Å². The predicted molar refractivity (Wildman–Crippen MR) is 74.7 cm³/mol. The molecule has 0 radical (unpaired) electrons. The van der Waals surface area contributed by atoms with E-state index in [0.29, 0.717) is 6.04 Å². The fourth-order valence-corrected chi connectivity index (χ4v) is 2.51. The molecule has 2 rings (SSSR count). The van der Waals surface area contributed by atoms with Gasteiger partial charge in [-0.15, -0.1) is 0 Å². The van der Waals surface area contributed by atoms with E-state index in [9.17, 15) is 0 Å². The highest BCUT2D eigenvalue weighted by molar-refractivity contribution is 5.54. The van der Waals surface area contributed by atoms with E-state index in [4.69, 9.17) is 0 Å². The molecule has 0 bridgehead atoms. The van der Waals surface area contributed by atoms with Gasteiger partial charge in [0.15, 0.2) is 0 Å². The van der Waals surface area contributed by atoms with Gasteiger partial charge in [0, 0.05) is 11.7 Å². The summed E-state index contributed by atoms with van der Waals surface area (Å²) >= 11 is 0. The lowest BCUT2D eigenvalue weighted by molar-refractivity contribution is 0.348. The minimum atomic E-state index is 0.639. The van der Waals surface area contributed by atoms with Crippen LogP contribution in [0, 0.1) is 13.8 Å². The van der Waals surface area contributed by atoms with Crippen LogP contribution in [0.15, 0.2) is 18.2 Å². The smallest absolute Gasteiger partial charge is 0.0374 e. The van der Waals surface area contributed by atoms with Crippen molar-refractivity contribution in [2.24, 2.45) is 0 Å². The van der Waals surface area contributed by atoms with E-state index < -0.39 is 0 Å². The number of nitrogens with one attached hydrogen (secondary N) is 1. The van der Waals surface area contributed by atoms with Gasteiger partial charge in [-0.1, -0.05) is 12.1 Å². The van der Waals surface area contributed by atoms with Crippen LogP contribution < -0.4 is 5.32 Å². The molecular formula is C15H24N2. The average molecular weight is 232 g/mol. The largest absolute Gasteiger partial charge is 0.382 e. The van der Waals surface area contributed by atoms with Crippen LogP contribution in [-0.4, -0.2) is 31.1 Å². The van der Waals surface area contributed by atoms with Crippen LogP contribution in [0.25, 0.3) is 0 Å². The summed E-state index contributed by atoms with van der Waals surface area (Å²) in [4.78, 5) is 2.44. The van der Waals surface area contributed by atoms with Crippen molar-refractivity contribution in [3.63, 3.8) is 0 Å². The Bertz CT molecular complexity index is 373. The number of hydrogen-bond acceptors (Lipinski definition) is 2. The van der Waals surface area contributed by atoms with Crippen LogP contribution in [0.5, 0.6) is 0 Å². The van der Waals surface area contributed by atoms with Crippen molar-refractivity contribution in [1.29, 1.82) is 0 Å². The van der Waals surface area contributed by atoms with Crippen LogP contribution >= 0.6 is 0 Å². The molecule has 1 aliphatic rings. The molecule has 1 N–H and O–H groups in total. The summed E-state index contributed by atoms with van der Waals surface area (Å²) in [5, 5.41) is 3.72. The third-order valence-electron chi connectivity index (χ3n) is 3.92. The summed E-state index contributed by atoms with van der Waals surface area (Å²) in [6.07, 6.45) is 3.85. The Morgan fingerprint density at radius 1 is 1.18 bits per heavy atom. The summed E-state index contributed by atoms with van der Waals surface area (Å²) < 4.78 is 0. The van der Waals surface area contributed by atoms with Crippen LogP contribution in [0.3, 0.4) is 0 Å². The molecule has 0 aromatic heterocycles. The van der Waals surface area contributed by atoms with Gasteiger partial charge in [-0.2, -0.15) is 0 Å². The molecule has 1 fully saturated rings. The van der Waals surface area contributed by atoms with Gasteiger partial charge in [0.1, 0.15) is 0 Å². The Morgan fingerprint density at radius 2 is 2.00 bits per heavy atom. The fraction of sp³-hybridized carbons (Fsp3) is 0.600. The third-order valence-corrected chi connectivity index (χ3v) is 3.92. The van der Waals surface area contributed by atoms with Gasteiger partial charge in [-0.25, -0.2) is 0 Å². The Balaban J connectivity index is 2.02. The molecule has 94 valence electrons. The van der Waals surface area contributed by atoms with Crippen molar-refractivity contribution < 1.29 is 0 Å². The van der Waals surface area contributed by atoms with Gasteiger partial charge in [0.25, 0.3) is 0 Å². The molecule has 1 aromatic rings. The van der Waals surface area contributed by atoms with Gasteiger partial charge < -0.3 is 10.2 Å². The summed E-state index contributed by atoms with van der Waals surface area (Å²) in [5.74, 6) is 0. The molecule has 0 saturated carbocycles. The molecule has 1 unspecified atom stereocenters. The first kappa shape index (κ1) is 12.4. The van der Waals surface area contributed by atoms with E-state index in [2.05, 4.69) is 49.3 Å². The second-order valence-corrected chi connectivity index (χ2v) is 5.32. The lowest BCUT2D eigenvalue weighted by atomic mass is 10.1. The molecule has 1 heterocycles. The third kappa shape index (κ3) is 3.22. The zero-order valence-electron chi connectivity index (χ0n) is 11.3. The summed E-state index contributed by atoms with van der Waals surface area (Å²) in [6.45, 7) is 6.84. The SMILES string of the molecule is Cc1cccc(NC2CCCN(C)CC2)c1C. The molecule has 1 atom stereocenters. The highest BCUT2D eigenvalue weighted by Crippen LogP contribution is 2.21. The maximum atomic E-state index is 3.72. The molecule has 2 nitrogen and oxygen atoms in total. The van der Waals surface area contributed by atoms with E-state index in [1.165, 1.54) is 49.2 Å². The number of anilines is 1. The summed E-state index contributed by atoms with van der Waals surface area (Å²) in [5.41, 5.74) is 4.09. The maximum absolute atomic E-state index is 3.72. The highest BCUT2D eigenvalue weighted by Gasteiger charge is 2.15. The minimum Gasteiger partial charge on any atom is -0.382 e. The first-order chi connectivity index (χ1) is 8.16. The number of hydrogen-bond donors (Lipinski definition) is 1. The molecule has 1 aromatic carbocycles. The van der Waals surface area contributed by atoms with E-state index in [-0.39, 0.29) is 0 Å². The minimum absolute atomic E-state index is 0.639. The molecule has 0 spiro atoms. The molecule has 2 heteroatoms. The second-order valence-electron chi connectivity index (χ2n) is 5.32. The van der Waals surface area contributed by atoms with Gasteiger partial charge >= 0.3 is 0 Å². The van der Waals surface area contributed by atoms with Crippen molar-refractivity contribution >= 4 is 5.69 Å². The Morgan fingerprint density at radius 3 is 2.82 bits per heavy atom. The number of nitrogens with zero attached hydrogens (tertiary/aromatic N) is 1. The number of benzene rings is 1. The Hall–Kier alpha value is -1.02. The topological polar surface area (TPSA) is 15.3 Å². The average Bonchev–Trinajstić information content (AvgIpc) is 2.50. The van der Waals surface area contributed by atoms with Crippen molar-refractivity contribution in [2.75, 3.05) is 25.5 Å². The number of aryl methyl sites for hydroxylation is 1. The van der Waals surface area contributed by atoms with Gasteiger partial charge in [-0.3, -0.25) is 0 Å². The van der Waals surface area contributed by atoms with Gasteiger partial charge in [0.05, 0.1) is 0 Å². The van der Waals surface area contributed by atoms with Gasteiger partial charge in [-0.05, 0) is 70.4 Å². The lowest BCUT2D eigenvalue weighted by Gasteiger charge is -2.20. The van der Waals surface area contributed by atoms with Crippen LogP contribution in [0.2, 0.25) is 0 Å². The van der Waals surface area contributed by atoms with Crippen molar-refractivity contribution in [3.8, 4) is 0 Å². The predicted octanol–water partition coefficient (Wildman–Crippen LogP) is 3.20. The van der Waals surface area contributed by atoms with Crippen molar-refractivity contribution in [3.05, 3.63) is 29.3 Å². The number of rotatable bonds is 2. The summed E-state index contributed by atoms with van der Waals surface area (Å²) in [7, 11) is 2.22. The first-order valence-electron chi connectivity index (χ1n) is 6.68. The molecular weight excluding hydrogens is 208 g/mol. The van der Waals surface area contributed by atoms with E-state index in [1.807, 2.05) is 0 Å². The number of likely N-dealkylation sites (tertiary alicyclic amines) is 1. The molecule has 1 aliphatic heterocycles. The van der Waals surface area contributed by atoms with Crippen LogP contribution in [0.4, 0.5) is 5.69 Å². The lowest BCUT2D eigenvalue weighted by Crippen LogP contribution is -2.23. The normalized spacial score (nSPS) is 22.2. The monoisotopic (exact) mass is 232 g/mol. The molecule has 17 heavy (non-hydrogen) atoms. The zero-order chi connectivity index (χ0) is 12.3.